The van der Waals surface area contributed by atoms with Gasteiger partial charge in [-0.2, -0.15) is 0 Å². The Morgan fingerprint density at radius 2 is 1.55 bits per heavy atom. The van der Waals surface area contributed by atoms with E-state index in [1.165, 1.54) is 63.6 Å². The summed E-state index contributed by atoms with van der Waals surface area (Å²) >= 11 is 0. The van der Waals surface area contributed by atoms with E-state index in [2.05, 4.69) is 5.32 Å². The van der Waals surface area contributed by atoms with Crippen molar-refractivity contribution >= 4 is 33.4 Å². The topological polar surface area (TPSA) is 160 Å². The molecule has 1 amide bonds. The molecule has 38 heavy (non-hydrogen) atoms. The predicted molar refractivity (Wildman–Crippen MR) is 137 cm³/mol. The van der Waals surface area contributed by atoms with Crippen LogP contribution < -0.4 is 24.7 Å². The number of methoxy groups -OCH3 is 2. The van der Waals surface area contributed by atoms with Crippen molar-refractivity contribution in [3.05, 3.63) is 77.4 Å². The predicted octanol–water partition coefficient (Wildman–Crippen LogP) is 2.93. The maximum atomic E-state index is 12.5. The van der Waals surface area contributed by atoms with Crippen LogP contribution in [0.2, 0.25) is 0 Å². The third-order valence-electron chi connectivity index (χ3n) is 5.26. The van der Waals surface area contributed by atoms with Crippen molar-refractivity contribution in [3.8, 4) is 17.2 Å². The zero-order chi connectivity index (χ0) is 27.9. The molecule has 0 saturated heterocycles. The van der Waals surface area contributed by atoms with Gasteiger partial charge in [0.15, 0.2) is 23.9 Å². The van der Waals surface area contributed by atoms with Gasteiger partial charge in [0.2, 0.25) is 10.0 Å². The van der Waals surface area contributed by atoms with Gasteiger partial charge in [0.25, 0.3) is 5.91 Å². The summed E-state index contributed by atoms with van der Waals surface area (Å²) in [6.45, 7) is 0.952. The summed E-state index contributed by atoms with van der Waals surface area (Å²) in [4.78, 5) is 36.1. The molecule has 0 aliphatic carbocycles. The van der Waals surface area contributed by atoms with Gasteiger partial charge >= 0.3 is 5.97 Å². The number of esters is 1. The first-order valence-corrected chi connectivity index (χ1v) is 12.6. The van der Waals surface area contributed by atoms with Gasteiger partial charge in [-0.1, -0.05) is 18.2 Å². The average molecular weight is 543 g/mol. The Kier molecular flexibility index (Phi) is 9.05. The number of carbonyl (C=O) groups excluding carboxylic acids is 3. The van der Waals surface area contributed by atoms with Crippen LogP contribution in [0.1, 0.15) is 33.2 Å². The minimum absolute atomic E-state index is 0.0892. The molecule has 3 N–H and O–H groups in total. The Morgan fingerprint density at radius 1 is 0.868 bits per heavy atom. The summed E-state index contributed by atoms with van der Waals surface area (Å²) in [5.41, 5.74) is 1.50. The summed E-state index contributed by atoms with van der Waals surface area (Å²) in [7, 11) is -1.04. The van der Waals surface area contributed by atoms with Crippen LogP contribution in [0.25, 0.3) is 0 Å². The lowest BCUT2D eigenvalue weighted by molar-refractivity contribution is -0.119. The van der Waals surface area contributed by atoms with E-state index in [1.807, 2.05) is 0 Å². The second-order valence-corrected chi connectivity index (χ2v) is 9.50. The summed E-state index contributed by atoms with van der Waals surface area (Å²) in [5.74, 6) is -0.469. The second-order valence-electron chi connectivity index (χ2n) is 7.93. The molecule has 3 aromatic carbocycles. The normalized spacial score (nSPS) is 10.8. The fourth-order valence-corrected chi connectivity index (χ4v) is 3.87. The van der Waals surface area contributed by atoms with Crippen molar-refractivity contribution in [1.82, 2.24) is 0 Å². The highest BCUT2D eigenvalue weighted by molar-refractivity contribution is 7.89. The molecule has 3 aromatic rings. The number of ketones is 1. The molecule has 3 rings (SSSR count). The number of hydrogen-bond acceptors (Lipinski definition) is 9. The molecule has 0 aliphatic rings. The number of ether oxygens (including phenoxy) is 4. The largest absolute Gasteiger partial charge is 0.496 e. The Balaban J connectivity index is 1.62. The van der Waals surface area contributed by atoms with Crippen molar-refractivity contribution in [3.63, 3.8) is 0 Å². The molecule has 0 heterocycles. The molecule has 0 aliphatic heterocycles. The lowest BCUT2D eigenvalue weighted by Gasteiger charge is -2.14. The van der Waals surface area contributed by atoms with Gasteiger partial charge in [-0.25, -0.2) is 18.4 Å². The molecule has 0 saturated carbocycles. The van der Waals surface area contributed by atoms with E-state index in [-0.39, 0.29) is 34.3 Å². The average Bonchev–Trinajstić information content (AvgIpc) is 2.89. The van der Waals surface area contributed by atoms with Crippen LogP contribution in [0.15, 0.2) is 65.6 Å². The number of amides is 1. The zero-order valence-corrected chi connectivity index (χ0v) is 21.7. The molecule has 0 fully saturated rings. The van der Waals surface area contributed by atoms with Crippen LogP contribution >= 0.6 is 0 Å². The fourth-order valence-electron chi connectivity index (χ4n) is 3.31. The highest BCUT2D eigenvalue weighted by Crippen LogP contribution is 2.30. The SMILES string of the molecule is COc1cc(C(C)=O)ccc1COc1ccc(C(=O)OCC(=O)Nc2cccc(S(N)(=O)=O)c2)cc1OC. The van der Waals surface area contributed by atoms with Gasteiger partial charge in [-0.15, -0.1) is 0 Å². The lowest BCUT2D eigenvalue weighted by atomic mass is 10.1. The van der Waals surface area contributed by atoms with Crippen LogP contribution in [0.5, 0.6) is 17.2 Å². The van der Waals surface area contributed by atoms with E-state index < -0.39 is 28.5 Å². The van der Waals surface area contributed by atoms with Crippen LogP contribution in [0, 0.1) is 0 Å². The molecule has 0 radical (unpaired) electrons. The summed E-state index contributed by atoms with van der Waals surface area (Å²) in [6.07, 6.45) is 0. The third-order valence-corrected chi connectivity index (χ3v) is 6.17. The van der Waals surface area contributed by atoms with Gasteiger partial charge in [-0.05, 0) is 49.4 Å². The molecule has 11 nitrogen and oxygen atoms in total. The summed E-state index contributed by atoms with van der Waals surface area (Å²) in [6, 6.07) is 14.7. The van der Waals surface area contributed by atoms with Crippen molar-refractivity contribution in [1.29, 1.82) is 0 Å². The number of sulfonamides is 1. The molecule has 0 spiro atoms. The van der Waals surface area contributed by atoms with Gasteiger partial charge in [0, 0.05) is 16.8 Å². The van der Waals surface area contributed by atoms with E-state index in [1.54, 1.807) is 18.2 Å². The number of carbonyl (C=O) groups is 3. The molecule has 0 unspecified atom stereocenters. The van der Waals surface area contributed by atoms with Gasteiger partial charge in [0.05, 0.1) is 24.7 Å². The molecular formula is C26H26N2O9S. The number of rotatable bonds is 11. The Labute approximate surface area is 219 Å². The van der Waals surface area contributed by atoms with Crippen molar-refractivity contribution < 1.29 is 41.7 Å². The van der Waals surface area contributed by atoms with E-state index >= 15 is 0 Å². The molecule has 200 valence electrons. The van der Waals surface area contributed by atoms with E-state index in [0.717, 1.165) is 0 Å². The number of primary sulfonamides is 1. The smallest absolute Gasteiger partial charge is 0.338 e. The molecular weight excluding hydrogens is 516 g/mol. The summed E-state index contributed by atoms with van der Waals surface area (Å²) in [5, 5.41) is 7.52. The first-order chi connectivity index (χ1) is 18.0. The Bertz CT molecular complexity index is 1470. The van der Waals surface area contributed by atoms with Crippen molar-refractivity contribution in [2.24, 2.45) is 5.14 Å². The highest BCUT2D eigenvalue weighted by Gasteiger charge is 2.16. The number of Topliss-reactive ketones (excluding diaryl/α,β-unsaturated/α-hetero) is 1. The van der Waals surface area contributed by atoms with Crippen LogP contribution in [-0.2, 0) is 26.2 Å². The second kappa shape index (κ2) is 12.2. The lowest BCUT2D eigenvalue weighted by Crippen LogP contribution is -2.21. The number of nitrogens with one attached hydrogen (secondary N) is 1. The maximum absolute atomic E-state index is 12.5. The molecule has 12 heteroatoms. The monoisotopic (exact) mass is 542 g/mol. The van der Waals surface area contributed by atoms with Gasteiger partial charge in [-0.3, -0.25) is 9.59 Å². The van der Waals surface area contributed by atoms with Crippen molar-refractivity contribution in [2.75, 3.05) is 26.1 Å². The fraction of sp³-hybridized carbons (Fsp3) is 0.192. The van der Waals surface area contributed by atoms with Crippen LogP contribution in [0.3, 0.4) is 0 Å². The Hall–Kier alpha value is -4.42. The number of anilines is 1. The van der Waals surface area contributed by atoms with E-state index in [4.69, 9.17) is 24.1 Å². The first-order valence-electron chi connectivity index (χ1n) is 11.1. The third kappa shape index (κ3) is 7.31. The first kappa shape index (κ1) is 28.2. The maximum Gasteiger partial charge on any atom is 0.338 e. The zero-order valence-electron chi connectivity index (χ0n) is 20.8. The minimum Gasteiger partial charge on any atom is -0.496 e. The van der Waals surface area contributed by atoms with Gasteiger partial charge < -0.3 is 24.3 Å². The Morgan fingerprint density at radius 3 is 2.21 bits per heavy atom. The quantitative estimate of drug-likeness (QED) is 0.274. The standard InChI is InChI=1S/C26H26N2O9S/c1-16(29)17-7-8-19(23(11-17)34-2)14-36-22-10-9-18(12-24(22)35-3)26(31)37-15-25(30)28-20-5-4-6-21(13-20)38(27,32)33/h4-13H,14-15H2,1-3H3,(H,28,30)(H2,27,32,33). The van der Waals surface area contributed by atoms with Crippen molar-refractivity contribution in [2.45, 2.75) is 18.4 Å². The van der Waals surface area contributed by atoms with E-state index in [9.17, 15) is 22.8 Å². The number of hydrogen-bond donors (Lipinski definition) is 2. The number of nitrogens with two attached hydrogens (primary N) is 1. The summed E-state index contributed by atoms with van der Waals surface area (Å²) < 4.78 is 44.5. The highest BCUT2D eigenvalue weighted by atomic mass is 32.2. The molecule has 0 aromatic heterocycles. The molecule has 0 atom stereocenters. The minimum atomic E-state index is -3.94. The van der Waals surface area contributed by atoms with Crippen LogP contribution in [0.4, 0.5) is 5.69 Å². The molecule has 0 bridgehead atoms. The number of benzene rings is 3. The van der Waals surface area contributed by atoms with E-state index in [0.29, 0.717) is 22.6 Å². The van der Waals surface area contributed by atoms with Gasteiger partial charge in [0.1, 0.15) is 12.4 Å². The van der Waals surface area contributed by atoms with Crippen LogP contribution in [-0.4, -0.2) is 46.9 Å².